The van der Waals surface area contributed by atoms with Crippen molar-refractivity contribution < 1.29 is 0 Å². The minimum absolute atomic E-state index is 0. The van der Waals surface area contributed by atoms with Gasteiger partial charge >= 0.3 is 29.6 Å². The van der Waals surface area contributed by atoms with Crippen LogP contribution < -0.4 is 0 Å². The molecule has 11 heavy (non-hydrogen) atoms. The fraction of sp³-hybridized carbons (Fsp3) is 0.200. The molecular formula is C10H13Na. The van der Waals surface area contributed by atoms with Crippen molar-refractivity contribution in [2.24, 2.45) is 0 Å². The van der Waals surface area contributed by atoms with E-state index in [1.807, 2.05) is 13.0 Å². The molecule has 1 aromatic carbocycles. The van der Waals surface area contributed by atoms with E-state index in [2.05, 4.69) is 30.8 Å². The number of allylic oxidation sites excluding steroid dienone is 1. The second-order valence-corrected chi connectivity index (χ2v) is 2.62. The van der Waals surface area contributed by atoms with E-state index in [4.69, 9.17) is 0 Å². The van der Waals surface area contributed by atoms with E-state index >= 15 is 0 Å². The summed E-state index contributed by atoms with van der Waals surface area (Å²) < 4.78 is 0. The maximum atomic E-state index is 3.85. The molecule has 0 aliphatic rings. The van der Waals surface area contributed by atoms with Crippen molar-refractivity contribution in [2.45, 2.75) is 13.3 Å². The molecule has 1 aromatic rings. The summed E-state index contributed by atoms with van der Waals surface area (Å²) >= 11 is 0. The third-order valence-corrected chi connectivity index (χ3v) is 1.35. The van der Waals surface area contributed by atoms with E-state index in [1.165, 1.54) is 11.1 Å². The molecule has 0 unspecified atom stereocenters. The summed E-state index contributed by atoms with van der Waals surface area (Å²) in [7, 11) is 0. The third-order valence-electron chi connectivity index (χ3n) is 1.35. The average molecular weight is 156 g/mol. The van der Waals surface area contributed by atoms with E-state index < -0.39 is 0 Å². The molecule has 0 fully saturated rings. The molecule has 0 aromatic heterocycles. The number of rotatable bonds is 2. The van der Waals surface area contributed by atoms with Crippen LogP contribution in [0.3, 0.4) is 0 Å². The van der Waals surface area contributed by atoms with Crippen LogP contribution in [-0.4, -0.2) is 29.6 Å². The van der Waals surface area contributed by atoms with Crippen molar-refractivity contribution in [3.05, 3.63) is 48.0 Å². The number of benzene rings is 1. The normalized spacial score (nSPS) is 8.45. The van der Waals surface area contributed by atoms with Crippen molar-refractivity contribution in [3.8, 4) is 0 Å². The van der Waals surface area contributed by atoms with Gasteiger partial charge in [-0.2, -0.15) is 0 Å². The molecule has 0 amide bonds. The first-order chi connectivity index (χ1) is 4.79. The van der Waals surface area contributed by atoms with Crippen LogP contribution in [0.2, 0.25) is 0 Å². The molecule has 0 spiro atoms. The molecular weight excluding hydrogens is 143 g/mol. The molecule has 0 N–H and O–H groups in total. The van der Waals surface area contributed by atoms with Gasteiger partial charge in [0.2, 0.25) is 0 Å². The predicted octanol–water partition coefficient (Wildman–Crippen LogP) is 2.16. The van der Waals surface area contributed by atoms with E-state index in [9.17, 15) is 0 Å². The molecule has 0 heterocycles. The van der Waals surface area contributed by atoms with Gasteiger partial charge < -0.3 is 0 Å². The van der Waals surface area contributed by atoms with Crippen LogP contribution in [0.5, 0.6) is 0 Å². The van der Waals surface area contributed by atoms with Gasteiger partial charge in [0.15, 0.2) is 0 Å². The topological polar surface area (TPSA) is 0 Å². The standard InChI is InChI=1S/C10H12.Na.H/c1-9(2)8-10-6-4-3-5-7-10;;/h3-7H,1,8H2,2H3;;. The van der Waals surface area contributed by atoms with E-state index in [-0.39, 0.29) is 29.6 Å². The molecule has 0 saturated heterocycles. The van der Waals surface area contributed by atoms with Crippen LogP contribution in [0.4, 0.5) is 0 Å². The van der Waals surface area contributed by atoms with Gasteiger partial charge in [0, 0.05) is 0 Å². The first-order valence-corrected chi connectivity index (χ1v) is 3.47. The Kier molecular flexibility index (Phi) is 5.57. The van der Waals surface area contributed by atoms with Crippen molar-refractivity contribution in [1.29, 1.82) is 0 Å². The molecule has 1 rings (SSSR count). The zero-order chi connectivity index (χ0) is 7.40. The van der Waals surface area contributed by atoms with Crippen LogP contribution in [0.1, 0.15) is 12.5 Å². The number of hydrogen-bond acceptors (Lipinski definition) is 0. The summed E-state index contributed by atoms with van der Waals surface area (Å²) in [6, 6.07) is 10.4. The average Bonchev–Trinajstić information content (AvgIpc) is 1.88. The van der Waals surface area contributed by atoms with E-state index in [0.29, 0.717) is 0 Å². The summed E-state index contributed by atoms with van der Waals surface area (Å²) in [6.45, 7) is 5.90. The van der Waals surface area contributed by atoms with Crippen LogP contribution in [-0.2, 0) is 6.42 Å². The zero-order valence-corrected chi connectivity index (χ0v) is 6.30. The van der Waals surface area contributed by atoms with Gasteiger partial charge in [0.05, 0.1) is 0 Å². The summed E-state index contributed by atoms with van der Waals surface area (Å²) in [6.07, 6.45) is 1.00. The van der Waals surface area contributed by atoms with Gasteiger partial charge in [-0.15, -0.1) is 0 Å². The van der Waals surface area contributed by atoms with Crippen LogP contribution in [0.25, 0.3) is 0 Å². The van der Waals surface area contributed by atoms with Gasteiger partial charge in [0.1, 0.15) is 0 Å². The molecule has 0 saturated carbocycles. The Morgan fingerprint density at radius 2 is 1.82 bits per heavy atom. The Hall–Kier alpha value is -0.0400. The Morgan fingerprint density at radius 3 is 2.27 bits per heavy atom. The molecule has 1 heteroatoms. The Bertz CT molecular complexity index is 214. The molecule has 54 valence electrons. The van der Waals surface area contributed by atoms with E-state index in [0.717, 1.165) is 6.42 Å². The fourth-order valence-electron chi connectivity index (χ4n) is 0.944. The van der Waals surface area contributed by atoms with Gasteiger partial charge in [-0.05, 0) is 18.9 Å². The van der Waals surface area contributed by atoms with Gasteiger partial charge in [-0.3, -0.25) is 0 Å². The van der Waals surface area contributed by atoms with Gasteiger partial charge in [-0.25, -0.2) is 0 Å². The predicted molar refractivity (Wildman–Crippen MR) is 52.1 cm³/mol. The summed E-state index contributed by atoms with van der Waals surface area (Å²) in [5.74, 6) is 0. The van der Waals surface area contributed by atoms with Crippen LogP contribution >= 0.6 is 0 Å². The second kappa shape index (κ2) is 5.59. The SMILES string of the molecule is C=C(C)Cc1ccccc1.[NaH]. The van der Waals surface area contributed by atoms with Crippen LogP contribution in [0.15, 0.2) is 42.5 Å². The van der Waals surface area contributed by atoms with Crippen molar-refractivity contribution in [2.75, 3.05) is 0 Å². The minimum atomic E-state index is 0. The molecule has 0 nitrogen and oxygen atoms in total. The summed E-state index contributed by atoms with van der Waals surface area (Å²) in [4.78, 5) is 0. The first kappa shape index (κ1) is 11.0. The van der Waals surface area contributed by atoms with Crippen LogP contribution in [0, 0.1) is 0 Å². The van der Waals surface area contributed by atoms with E-state index in [1.54, 1.807) is 0 Å². The Labute approximate surface area is 90.6 Å². The number of hydrogen-bond donors (Lipinski definition) is 0. The molecule has 0 bridgehead atoms. The molecule has 0 aliphatic heterocycles. The van der Waals surface area contributed by atoms with Crippen molar-refractivity contribution in [3.63, 3.8) is 0 Å². The van der Waals surface area contributed by atoms with Gasteiger partial charge in [-0.1, -0.05) is 42.5 Å². The monoisotopic (exact) mass is 156 g/mol. The summed E-state index contributed by atoms with van der Waals surface area (Å²) in [5.41, 5.74) is 2.56. The molecule has 0 radical (unpaired) electrons. The summed E-state index contributed by atoms with van der Waals surface area (Å²) in [5, 5.41) is 0. The first-order valence-electron chi connectivity index (χ1n) is 3.47. The van der Waals surface area contributed by atoms with Crippen molar-refractivity contribution in [1.82, 2.24) is 0 Å². The molecule has 0 aliphatic carbocycles. The Morgan fingerprint density at radius 1 is 1.27 bits per heavy atom. The van der Waals surface area contributed by atoms with Crippen molar-refractivity contribution >= 4 is 29.6 Å². The van der Waals surface area contributed by atoms with Gasteiger partial charge in [0.25, 0.3) is 0 Å². The second-order valence-electron chi connectivity index (χ2n) is 2.62. The zero-order valence-electron chi connectivity index (χ0n) is 6.30. The quantitative estimate of drug-likeness (QED) is 0.454. The Balaban J connectivity index is 0.000001000. The maximum absolute atomic E-state index is 3.85. The third kappa shape index (κ3) is 4.41. The molecule has 0 atom stereocenters. The fourth-order valence-corrected chi connectivity index (χ4v) is 0.944.